The third kappa shape index (κ3) is 5.58. The van der Waals surface area contributed by atoms with E-state index in [1.807, 2.05) is 12.1 Å². The third-order valence-corrected chi connectivity index (χ3v) is 6.02. The lowest BCUT2D eigenvalue weighted by molar-refractivity contribution is -0.0521. The summed E-state index contributed by atoms with van der Waals surface area (Å²) < 4.78 is 58.2. The lowest BCUT2D eigenvalue weighted by atomic mass is 9.96. The van der Waals surface area contributed by atoms with Crippen molar-refractivity contribution in [3.05, 3.63) is 101 Å². The van der Waals surface area contributed by atoms with Crippen LogP contribution in [0.3, 0.4) is 0 Å². The standard InChI is InChI=1S/C29H26F4O/c1-2-3-4-19-5-7-20(8-6-19)9-10-21-11-14-24-22(17-21)12-15-25(28(24)31)23-13-16-27(26(30)18-23)34-29(32)33/h5-8,11-18,29H,2-4,9-10H2,1H3. The molecule has 0 heterocycles. The molecule has 4 aromatic rings. The fourth-order valence-electron chi connectivity index (χ4n) is 4.12. The van der Waals surface area contributed by atoms with Gasteiger partial charge >= 0.3 is 6.61 Å². The van der Waals surface area contributed by atoms with Crippen LogP contribution in [0.25, 0.3) is 21.9 Å². The second-order valence-corrected chi connectivity index (χ2v) is 8.43. The molecule has 176 valence electrons. The topological polar surface area (TPSA) is 9.23 Å². The summed E-state index contributed by atoms with van der Waals surface area (Å²) in [6, 6.07) is 21.2. The van der Waals surface area contributed by atoms with Gasteiger partial charge in [-0.3, -0.25) is 0 Å². The van der Waals surface area contributed by atoms with Crippen LogP contribution >= 0.6 is 0 Å². The van der Waals surface area contributed by atoms with E-state index in [0.29, 0.717) is 5.39 Å². The number of hydrogen-bond acceptors (Lipinski definition) is 1. The molecule has 4 rings (SSSR count). The second kappa shape index (κ2) is 10.7. The molecular formula is C29H26F4O. The molecule has 4 aromatic carbocycles. The lowest BCUT2D eigenvalue weighted by Crippen LogP contribution is -2.03. The number of alkyl halides is 2. The first-order valence-corrected chi connectivity index (χ1v) is 11.5. The third-order valence-electron chi connectivity index (χ3n) is 6.02. The van der Waals surface area contributed by atoms with Gasteiger partial charge in [-0.15, -0.1) is 0 Å². The van der Waals surface area contributed by atoms with Crippen LogP contribution in [0.15, 0.2) is 72.8 Å². The molecule has 0 aromatic heterocycles. The van der Waals surface area contributed by atoms with Crippen LogP contribution in [0, 0.1) is 11.6 Å². The molecule has 0 aliphatic rings. The summed E-state index contributed by atoms with van der Waals surface area (Å²) in [4.78, 5) is 0. The van der Waals surface area contributed by atoms with Gasteiger partial charge in [-0.25, -0.2) is 8.78 Å². The van der Waals surface area contributed by atoms with Gasteiger partial charge in [0, 0.05) is 10.9 Å². The average Bonchev–Trinajstić information content (AvgIpc) is 2.83. The molecule has 0 atom stereocenters. The molecule has 0 unspecified atom stereocenters. The molecule has 34 heavy (non-hydrogen) atoms. The molecule has 0 saturated heterocycles. The molecule has 0 saturated carbocycles. The summed E-state index contributed by atoms with van der Waals surface area (Å²) in [7, 11) is 0. The highest BCUT2D eigenvalue weighted by molar-refractivity contribution is 5.88. The maximum absolute atomic E-state index is 15.2. The number of rotatable bonds is 9. The van der Waals surface area contributed by atoms with Crippen molar-refractivity contribution in [2.75, 3.05) is 0 Å². The van der Waals surface area contributed by atoms with Crippen molar-refractivity contribution in [3.63, 3.8) is 0 Å². The summed E-state index contributed by atoms with van der Waals surface area (Å²) in [6.07, 6.45) is 5.22. The number of hydrogen-bond donors (Lipinski definition) is 0. The zero-order valence-electron chi connectivity index (χ0n) is 19.0. The van der Waals surface area contributed by atoms with E-state index in [-0.39, 0.29) is 11.1 Å². The molecule has 0 radical (unpaired) electrons. The SMILES string of the molecule is CCCCc1ccc(CCc2ccc3c(F)c(-c4ccc(OC(F)F)c(F)c4)ccc3c2)cc1. The minimum absolute atomic E-state index is 0.200. The van der Waals surface area contributed by atoms with E-state index in [1.165, 1.54) is 30.0 Å². The lowest BCUT2D eigenvalue weighted by Gasteiger charge is -2.11. The van der Waals surface area contributed by atoms with Gasteiger partial charge in [-0.2, -0.15) is 8.78 Å². The Labute approximate surface area is 197 Å². The van der Waals surface area contributed by atoms with E-state index in [2.05, 4.69) is 35.9 Å². The highest BCUT2D eigenvalue weighted by Crippen LogP contribution is 2.32. The van der Waals surface area contributed by atoms with Gasteiger partial charge in [0.2, 0.25) is 0 Å². The number of ether oxygens (including phenoxy) is 1. The van der Waals surface area contributed by atoms with Gasteiger partial charge in [0.25, 0.3) is 0 Å². The molecule has 0 spiro atoms. The van der Waals surface area contributed by atoms with Crippen molar-refractivity contribution in [1.29, 1.82) is 0 Å². The monoisotopic (exact) mass is 466 g/mol. The van der Waals surface area contributed by atoms with E-state index in [9.17, 15) is 13.2 Å². The van der Waals surface area contributed by atoms with Crippen LogP contribution in [-0.4, -0.2) is 6.61 Å². The minimum Gasteiger partial charge on any atom is -0.432 e. The Hall–Kier alpha value is -3.34. The maximum Gasteiger partial charge on any atom is 0.387 e. The molecule has 0 fully saturated rings. The van der Waals surface area contributed by atoms with Gasteiger partial charge in [-0.05, 0) is 65.5 Å². The van der Waals surface area contributed by atoms with Gasteiger partial charge in [-0.1, -0.05) is 74.0 Å². The highest BCUT2D eigenvalue weighted by atomic mass is 19.3. The van der Waals surface area contributed by atoms with Gasteiger partial charge in [0.05, 0.1) is 0 Å². The predicted octanol–water partition coefficient (Wildman–Crippen LogP) is 8.51. The number of aryl methyl sites for hydroxylation is 3. The van der Waals surface area contributed by atoms with Gasteiger partial charge in [0.1, 0.15) is 5.82 Å². The zero-order valence-corrected chi connectivity index (χ0v) is 19.0. The van der Waals surface area contributed by atoms with Crippen LogP contribution in [0.2, 0.25) is 0 Å². The number of fused-ring (bicyclic) bond motifs is 1. The van der Waals surface area contributed by atoms with Crippen LogP contribution in [0.5, 0.6) is 5.75 Å². The Morgan fingerprint density at radius 3 is 2.09 bits per heavy atom. The Morgan fingerprint density at radius 2 is 1.41 bits per heavy atom. The highest BCUT2D eigenvalue weighted by Gasteiger charge is 2.14. The number of benzene rings is 4. The summed E-state index contributed by atoms with van der Waals surface area (Å²) in [5.41, 5.74) is 4.19. The van der Waals surface area contributed by atoms with E-state index >= 15 is 4.39 Å². The van der Waals surface area contributed by atoms with E-state index in [4.69, 9.17) is 0 Å². The van der Waals surface area contributed by atoms with Crippen molar-refractivity contribution in [2.24, 2.45) is 0 Å². The van der Waals surface area contributed by atoms with Crippen molar-refractivity contribution in [1.82, 2.24) is 0 Å². The zero-order chi connectivity index (χ0) is 24.1. The molecule has 1 nitrogen and oxygen atoms in total. The second-order valence-electron chi connectivity index (χ2n) is 8.43. The average molecular weight is 467 g/mol. The Morgan fingerprint density at radius 1 is 0.735 bits per heavy atom. The van der Waals surface area contributed by atoms with Gasteiger partial charge in [0.15, 0.2) is 11.6 Å². The summed E-state index contributed by atoms with van der Waals surface area (Å²) in [5.74, 6) is -2.01. The molecule has 0 bridgehead atoms. The van der Waals surface area contributed by atoms with Crippen LogP contribution in [0.4, 0.5) is 17.6 Å². The van der Waals surface area contributed by atoms with Crippen molar-refractivity contribution >= 4 is 10.8 Å². The summed E-state index contributed by atoms with van der Waals surface area (Å²) >= 11 is 0. The Kier molecular flexibility index (Phi) is 7.51. The summed E-state index contributed by atoms with van der Waals surface area (Å²) in [5, 5.41) is 1.18. The normalized spacial score (nSPS) is 11.4. The first kappa shape index (κ1) is 23.8. The predicted molar refractivity (Wildman–Crippen MR) is 128 cm³/mol. The largest absolute Gasteiger partial charge is 0.432 e. The fraction of sp³-hybridized carbons (Fsp3) is 0.241. The molecule has 0 aliphatic carbocycles. The number of unbranched alkanes of at least 4 members (excludes halogenated alkanes) is 1. The Balaban J connectivity index is 1.50. The van der Waals surface area contributed by atoms with Crippen molar-refractivity contribution in [3.8, 4) is 16.9 Å². The number of halogens is 4. The quantitative estimate of drug-likeness (QED) is 0.225. The molecule has 0 amide bonds. The molecule has 0 aliphatic heterocycles. The minimum atomic E-state index is -3.13. The van der Waals surface area contributed by atoms with Crippen LogP contribution in [0.1, 0.15) is 36.5 Å². The van der Waals surface area contributed by atoms with Gasteiger partial charge < -0.3 is 4.74 Å². The fourth-order valence-corrected chi connectivity index (χ4v) is 4.12. The molecule has 5 heteroatoms. The smallest absolute Gasteiger partial charge is 0.387 e. The molecule has 0 N–H and O–H groups in total. The van der Waals surface area contributed by atoms with Crippen LogP contribution < -0.4 is 4.74 Å². The first-order valence-electron chi connectivity index (χ1n) is 11.5. The van der Waals surface area contributed by atoms with E-state index < -0.39 is 24.0 Å². The van der Waals surface area contributed by atoms with Crippen molar-refractivity contribution in [2.45, 2.75) is 45.6 Å². The summed E-state index contributed by atoms with van der Waals surface area (Å²) in [6.45, 7) is -0.937. The van der Waals surface area contributed by atoms with Crippen LogP contribution in [-0.2, 0) is 19.3 Å². The maximum atomic E-state index is 15.2. The Bertz CT molecular complexity index is 1270. The van der Waals surface area contributed by atoms with E-state index in [1.54, 1.807) is 18.2 Å². The molecular weight excluding hydrogens is 440 g/mol. The van der Waals surface area contributed by atoms with E-state index in [0.717, 1.165) is 42.3 Å². The van der Waals surface area contributed by atoms with Crippen molar-refractivity contribution < 1.29 is 22.3 Å². The first-order chi connectivity index (χ1) is 16.4.